The first-order chi connectivity index (χ1) is 19.4. The van der Waals surface area contributed by atoms with Crippen LogP contribution in [0.4, 0.5) is 52.5 Å². The van der Waals surface area contributed by atoms with Crippen LogP contribution in [0.15, 0.2) is 72.9 Å². The second-order valence-electron chi connectivity index (χ2n) is 8.88. The van der Waals surface area contributed by atoms with Crippen LogP contribution >= 0.6 is 11.6 Å². The molecule has 9 nitrogen and oxygen atoms in total. The zero-order chi connectivity index (χ0) is 29.7. The molecule has 0 aliphatic rings. The number of nitrogens with zero attached hydrogens (tertiary/aromatic N) is 3. The Morgan fingerprint density at radius 2 is 1.59 bits per heavy atom. The predicted molar refractivity (Wildman–Crippen MR) is 153 cm³/mol. The van der Waals surface area contributed by atoms with Crippen LogP contribution in [0.2, 0.25) is 5.02 Å². The molecule has 4 rings (SSSR count). The Balaban J connectivity index is 1.42. The first kappa shape index (κ1) is 29.2. The highest BCUT2D eigenvalue weighted by Crippen LogP contribution is 2.33. The SMILES string of the molecule is CNC(=O)c1cc(Nc2nccc(N(C)c3ccc(NC(=O)Nc4cc(Cl)cc(C(F)(F)F)c4)cc3)n2)ccc1C. The van der Waals surface area contributed by atoms with Gasteiger partial charge in [0.2, 0.25) is 5.95 Å². The van der Waals surface area contributed by atoms with Gasteiger partial charge in [-0.05, 0) is 73.2 Å². The number of nitrogens with one attached hydrogen (secondary N) is 4. The number of anilines is 6. The van der Waals surface area contributed by atoms with E-state index in [0.717, 1.165) is 23.4 Å². The molecular formula is C28H25ClF3N7O2. The quantitative estimate of drug-likeness (QED) is 0.187. The summed E-state index contributed by atoms with van der Waals surface area (Å²) in [5, 5.41) is 10.5. The topological polar surface area (TPSA) is 111 Å². The number of alkyl halides is 3. The molecular weight excluding hydrogens is 559 g/mol. The van der Waals surface area contributed by atoms with Crippen molar-refractivity contribution in [2.45, 2.75) is 13.1 Å². The molecule has 0 atom stereocenters. The number of urea groups is 1. The van der Waals surface area contributed by atoms with E-state index < -0.39 is 17.8 Å². The summed E-state index contributed by atoms with van der Waals surface area (Å²) in [4.78, 5) is 35.1. The molecule has 1 heterocycles. The number of hydrogen-bond donors (Lipinski definition) is 4. The van der Waals surface area contributed by atoms with Gasteiger partial charge in [-0.25, -0.2) is 9.78 Å². The molecule has 0 unspecified atom stereocenters. The third-order valence-corrected chi connectivity index (χ3v) is 6.16. The van der Waals surface area contributed by atoms with Crippen LogP contribution in [0, 0.1) is 6.92 Å². The van der Waals surface area contributed by atoms with Crippen molar-refractivity contribution in [3.8, 4) is 0 Å². The van der Waals surface area contributed by atoms with Gasteiger partial charge in [-0.2, -0.15) is 18.2 Å². The number of benzene rings is 3. The number of amides is 3. The van der Waals surface area contributed by atoms with E-state index in [1.807, 2.05) is 19.1 Å². The van der Waals surface area contributed by atoms with Crippen molar-refractivity contribution in [3.63, 3.8) is 0 Å². The number of halogens is 4. The fraction of sp³-hybridized carbons (Fsp3) is 0.143. The number of carbonyl (C=O) groups is 2. The van der Waals surface area contributed by atoms with E-state index in [9.17, 15) is 22.8 Å². The van der Waals surface area contributed by atoms with Crippen LogP contribution < -0.4 is 26.2 Å². The summed E-state index contributed by atoms with van der Waals surface area (Å²) in [5.41, 5.74) is 2.10. The highest BCUT2D eigenvalue weighted by molar-refractivity contribution is 6.31. The maximum Gasteiger partial charge on any atom is 0.416 e. The molecule has 0 radical (unpaired) electrons. The molecule has 41 heavy (non-hydrogen) atoms. The lowest BCUT2D eigenvalue weighted by atomic mass is 10.1. The van der Waals surface area contributed by atoms with Crippen LogP contribution in [0.5, 0.6) is 0 Å². The fourth-order valence-electron chi connectivity index (χ4n) is 3.82. The summed E-state index contributed by atoms with van der Waals surface area (Å²) in [5.74, 6) is 0.697. The number of rotatable bonds is 7. The number of hydrogen-bond acceptors (Lipinski definition) is 6. The number of aromatic nitrogens is 2. The lowest BCUT2D eigenvalue weighted by molar-refractivity contribution is -0.137. The summed E-state index contributed by atoms with van der Waals surface area (Å²) in [6.07, 6.45) is -3.01. The van der Waals surface area contributed by atoms with Crippen molar-refractivity contribution in [2.24, 2.45) is 0 Å². The Hall–Kier alpha value is -4.84. The van der Waals surface area contributed by atoms with Gasteiger partial charge < -0.3 is 26.2 Å². The van der Waals surface area contributed by atoms with Crippen molar-refractivity contribution < 1.29 is 22.8 Å². The normalized spacial score (nSPS) is 11.0. The lowest BCUT2D eigenvalue weighted by Gasteiger charge is -2.19. The molecule has 3 amide bonds. The van der Waals surface area contributed by atoms with Gasteiger partial charge in [0.25, 0.3) is 5.91 Å². The van der Waals surface area contributed by atoms with Gasteiger partial charge >= 0.3 is 12.2 Å². The average Bonchev–Trinajstić information content (AvgIpc) is 2.93. The summed E-state index contributed by atoms with van der Waals surface area (Å²) >= 11 is 5.77. The van der Waals surface area contributed by atoms with E-state index in [0.29, 0.717) is 28.7 Å². The molecule has 0 aliphatic heterocycles. The van der Waals surface area contributed by atoms with Crippen LogP contribution in [0.25, 0.3) is 0 Å². The van der Waals surface area contributed by atoms with E-state index >= 15 is 0 Å². The molecule has 4 N–H and O–H groups in total. The predicted octanol–water partition coefficient (Wildman–Crippen LogP) is 6.97. The third kappa shape index (κ3) is 7.42. The van der Waals surface area contributed by atoms with Crippen molar-refractivity contribution in [1.29, 1.82) is 0 Å². The monoisotopic (exact) mass is 583 g/mol. The minimum Gasteiger partial charge on any atom is -0.355 e. The maximum absolute atomic E-state index is 13.0. The van der Waals surface area contributed by atoms with Crippen molar-refractivity contribution >= 4 is 58.1 Å². The molecule has 212 valence electrons. The summed E-state index contributed by atoms with van der Waals surface area (Å²) in [6.45, 7) is 1.85. The van der Waals surface area contributed by atoms with Gasteiger partial charge in [0.05, 0.1) is 5.56 Å². The van der Waals surface area contributed by atoms with Crippen LogP contribution in [0.3, 0.4) is 0 Å². The average molecular weight is 584 g/mol. The van der Waals surface area contributed by atoms with Gasteiger partial charge in [-0.3, -0.25) is 4.79 Å². The molecule has 4 aromatic rings. The molecule has 0 spiro atoms. The molecule has 1 aromatic heterocycles. The Labute approximate surface area is 238 Å². The van der Waals surface area contributed by atoms with Gasteiger partial charge in [-0.15, -0.1) is 0 Å². The van der Waals surface area contributed by atoms with E-state index in [1.54, 1.807) is 61.6 Å². The smallest absolute Gasteiger partial charge is 0.355 e. The van der Waals surface area contributed by atoms with Gasteiger partial charge in [0.15, 0.2) is 0 Å². The van der Waals surface area contributed by atoms with E-state index in [1.165, 1.54) is 6.07 Å². The third-order valence-electron chi connectivity index (χ3n) is 5.95. The van der Waals surface area contributed by atoms with Gasteiger partial charge in [-0.1, -0.05) is 17.7 Å². The highest BCUT2D eigenvalue weighted by Gasteiger charge is 2.31. The Morgan fingerprint density at radius 3 is 2.27 bits per heavy atom. The van der Waals surface area contributed by atoms with Gasteiger partial charge in [0, 0.05) is 53.6 Å². The van der Waals surface area contributed by atoms with Crippen molar-refractivity contribution in [3.05, 3.63) is 94.6 Å². The largest absolute Gasteiger partial charge is 0.416 e. The standard InChI is InChI=1S/C28H25ClF3N7O2/c1-16-4-5-20(15-23(16)25(40)33-2)35-26-34-11-10-24(38-26)39(3)22-8-6-19(7-9-22)36-27(41)37-21-13-17(28(30,31)32)12-18(29)14-21/h4-15H,1-3H3,(H,33,40)(H,34,35,38)(H2,36,37,41). The number of aryl methyl sites for hydroxylation is 1. The summed E-state index contributed by atoms with van der Waals surface area (Å²) in [6, 6.07) is 15.9. The van der Waals surface area contributed by atoms with E-state index in [4.69, 9.17) is 11.6 Å². The second kappa shape index (κ2) is 12.1. The molecule has 3 aromatic carbocycles. The van der Waals surface area contributed by atoms with E-state index in [-0.39, 0.29) is 16.6 Å². The maximum atomic E-state index is 13.0. The lowest BCUT2D eigenvalue weighted by Crippen LogP contribution is -2.20. The molecule has 13 heteroatoms. The highest BCUT2D eigenvalue weighted by atomic mass is 35.5. The van der Waals surface area contributed by atoms with Crippen LogP contribution in [-0.2, 0) is 6.18 Å². The fourth-order valence-corrected chi connectivity index (χ4v) is 4.06. The summed E-state index contributed by atoms with van der Waals surface area (Å²) in [7, 11) is 3.37. The Bertz CT molecular complexity index is 1580. The van der Waals surface area contributed by atoms with Gasteiger partial charge in [0.1, 0.15) is 5.82 Å². The minimum atomic E-state index is -4.60. The molecule has 0 saturated carbocycles. The molecule has 0 fully saturated rings. The first-order valence-corrected chi connectivity index (χ1v) is 12.5. The molecule has 0 saturated heterocycles. The first-order valence-electron chi connectivity index (χ1n) is 12.2. The molecule has 0 bridgehead atoms. The minimum absolute atomic E-state index is 0.0951. The number of carbonyl (C=O) groups excluding carboxylic acids is 2. The Morgan fingerprint density at radius 1 is 0.902 bits per heavy atom. The van der Waals surface area contributed by atoms with E-state index in [2.05, 4.69) is 31.2 Å². The van der Waals surface area contributed by atoms with Crippen molar-refractivity contribution in [2.75, 3.05) is 34.9 Å². The second-order valence-corrected chi connectivity index (χ2v) is 9.32. The van der Waals surface area contributed by atoms with Crippen LogP contribution in [-0.4, -0.2) is 36.0 Å². The zero-order valence-corrected chi connectivity index (χ0v) is 22.9. The molecule has 0 aliphatic carbocycles. The Kier molecular flexibility index (Phi) is 8.62. The van der Waals surface area contributed by atoms with Crippen LogP contribution in [0.1, 0.15) is 21.5 Å². The van der Waals surface area contributed by atoms with Crippen molar-refractivity contribution in [1.82, 2.24) is 15.3 Å². The zero-order valence-electron chi connectivity index (χ0n) is 22.1. The summed E-state index contributed by atoms with van der Waals surface area (Å²) < 4.78 is 39.1.